The van der Waals surface area contributed by atoms with Crippen molar-refractivity contribution >= 4 is 35.2 Å². The van der Waals surface area contributed by atoms with Gasteiger partial charge in [0.1, 0.15) is 5.82 Å². The van der Waals surface area contributed by atoms with E-state index in [1.54, 1.807) is 6.92 Å². The number of halogens is 1. The third-order valence-electron chi connectivity index (χ3n) is 3.08. The first-order valence-electron chi connectivity index (χ1n) is 7.55. The third kappa shape index (κ3) is 8.52. The molecule has 0 radical (unpaired) electrons. The molecule has 0 aromatic heterocycles. The first-order valence-corrected chi connectivity index (χ1v) is 8.60. The highest BCUT2D eigenvalue weighted by Crippen LogP contribution is 2.13. The summed E-state index contributed by atoms with van der Waals surface area (Å²) >= 11 is 1.19. The van der Waals surface area contributed by atoms with Crippen LogP contribution in [0, 0.1) is 5.82 Å². The second-order valence-electron chi connectivity index (χ2n) is 5.15. The standard InChI is InChI=1S/C16H21FN2O4S/c1-11(16(23)18-9-3-2-4-15(21)22)24-10-14(20)19-13-7-5-12(17)6-8-13/h5-8,11H,2-4,9-10H2,1H3,(H,18,23)(H,19,20)(H,21,22). The van der Waals surface area contributed by atoms with Crippen LogP contribution >= 0.6 is 11.8 Å². The predicted molar refractivity (Wildman–Crippen MR) is 91.4 cm³/mol. The SMILES string of the molecule is CC(SCC(=O)Nc1ccc(F)cc1)C(=O)NCCCCC(=O)O. The van der Waals surface area contributed by atoms with E-state index < -0.39 is 11.2 Å². The molecule has 0 heterocycles. The monoisotopic (exact) mass is 356 g/mol. The summed E-state index contributed by atoms with van der Waals surface area (Å²) in [6.07, 6.45) is 1.20. The summed E-state index contributed by atoms with van der Waals surface area (Å²) in [6, 6.07) is 5.43. The molecule has 0 aliphatic carbocycles. The molecule has 8 heteroatoms. The van der Waals surface area contributed by atoms with Crippen LogP contribution in [-0.4, -0.2) is 40.4 Å². The van der Waals surface area contributed by atoms with Crippen molar-refractivity contribution in [3.05, 3.63) is 30.1 Å². The van der Waals surface area contributed by atoms with E-state index in [-0.39, 0.29) is 29.8 Å². The van der Waals surface area contributed by atoms with Crippen LogP contribution in [-0.2, 0) is 14.4 Å². The molecule has 0 saturated carbocycles. The number of thioether (sulfide) groups is 1. The molecule has 1 aromatic carbocycles. The number of aliphatic carboxylic acids is 1. The Hall–Kier alpha value is -2.09. The maximum atomic E-state index is 12.8. The Kier molecular flexibility index (Phi) is 8.85. The number of carboxylic acid groups (broad SMARTS) is 1. The highest BCUT2D eigenvalue weighted by Gasteiger charge is 2.14. The summed E-state index contributed by atoms with van der Waals surface area (Å²) < 4.78 is 12.8. The van der Waals surface area contributed by atoms with Crippen LogP contribution in [0.2, 0.25) is 0 Å². The molecule has 0 aliphatic heterocycles. The molecule has 1 atom stereocenters. The fourth-order valence-corrected chi connectivity index (χ4v) is 2.47. The minimum Gasteiger partial charge on any atom is -0.481 e. The van der Waals surface area contributed by atoms with Gasteiger partial charge < -0.3 is 15.7 Å². The Bertz CT molecular complexity index is 566. The summed E-state index contributed by atoms with van der Waals surface area (Å²) in [5.41, 5.74) is 0.498. The molecule has 0 saturated heterocycles. The Balaban J connectivity index is 2.20. The van der Waals surface area contributed by atoms with Crippen molar-refractivity contribution in [3.8, 4) is 0 Å². The average Bonchev–Trinajstić information content (AvgIpc) is 2.54. The van der Waals surface area contributed by atoms with Gasteiger partial charge in [-0.1, -0.05) is 0 Å². The molecule has 132 valence electrons. The van der Waals surface area contributed by atoms with Gasteiger partial charge in [0.05, 0.1) is 11.0 Å². The fraction of sp³-hybridized carbons (Fsp3) is 0.438. The predicted octanol–water partition coefficient (Wildman–Crippen LogP) is 2.26. The zero-order valence-corrected chi connectivity index (χ0v) is 14.2. The summed E-state index contributed by atoms with van der Waals surface area (Å²) in [7, 11) is 0. The van der Waals surface area contributed by atoms with Gasteiger partial charge in [-0.25, -0.2) is 4.39 Å². The quantitative estimate of drug-likeness (QED) is 0.559. The zero-order chi connectivity index (χ0) is 17.9. The number of unbranched alkanes of at least 4 members (excludes halogenated alkanes) is 1. The second kappa shape index (κ2) is 10.6. The van der Waals surface area contributed by atoms with Gasteiger partial charge in [-0.2, -0.15) is 0 Å². The molecule has 24 heavy (non-hydrogen) atoms. The third-order valence-corrected chi connectivity index (χ3v) is 4.22. The molecule has 0 spiro atoms. The Morgan fingerprint density at radius 2 is 1.88 bits per heavy atom. The molecule has 1 unspecified atom stereocenters. The molecule has 0 fully saturated rings. The number of carbonyl (C=O) groups excluding carboxylic acids is 2. The number of anilines is 1. The van der Waals surface area contributed by atoms with E-state index in [0.717, 1.165) is 0 Å². The number of amides is 2. The van der Waals surface area contributed by atoms with Crippen LogP contribution < -0.4 is 10.6 Å². The average molecular weight is 356 g/mol. The van der Waals surface area contributed by atoms with Gasteiger partial charge >= 0.3 is 5.97 Å². The first-order chi connectivity index (χ1) is 11.4. The number of hydrogen-bond acceptors (Lipinski definition) is 4. The van der Waals surface area contributed by atoms with Gasteiger partial charge in [-0.15, -0.1) is 11.8 Å². The Morgan fingerprint density at radius 1 is 1.21 bits per heavy atom. The van der Waals surface area contributed by atoms with E-state index in [1.807, 2.05) is 0 Å². The molecule has 0 aliphatic rings. The summed E-state index contributed by atoms with van der Waals surface area (Å²) in [4.78, 5) is 34.0. The van der Waals surface area contributed by atoms with Crippen LogP contribution in [0.3, 0.4) is 0 Å². The smallest absolute Gasteiger partial charge is 0.303 e. The maximum absolute atomic E-state index is 12.8. The highest BCUT2D eigenvalue weighted by molar-refractivity contribution is 8.01. The van der Waals surface area contributed by atoms with Gasteiger partial charge in [0.2, 0.25) is 11.8 Å². The van der Waals surface area contributed by atoms with Crippen molar-refractivity contribution in [2.45, 2.75) is 31.4 Å². The lowest BCUT2D eigenvalue weighted by atomic mass is 10.2. The summed E-state index contributed by atoms with van der Waals surface area (Å²) in [6.45, 7) is 2.11. The molecule has 6 nitrogen and oxygen atoms in total. The van der Waals surface area contributed by atoms with Crippen LogP contribution in [0.4, 0.5) is 10.1 Å². The lowest BCUT2D eigenvalue weighted by Crippen LogP contribution is -2.32. The minimum absolute atomic E-state index is 0.0870. The number of rotatable bonds is 10. The molecular weight excluding hydrogens is 335 g/mol. The van der Waals surface area contributed by atoms with Gasteiger partial charge in [-0.05, 0) is 44.0 Å². The lowest BCUT2D eigenvalue weighted by molar-refractivity contribution is -0.137. The van der Waals surface area contributed by atoms with Crippen LogP contribution in [0.1, 0.15) is 26.2 Å². The summed E-state index contributed by atoms with van der Waals surface area (Å²) in [5, 5.41) is 13.4. The van der Waals surface area contributed by atoms with E-state index in [9.17, 15) is 18.8 Å². The summed E-state index contributed by atoms with van der Waals surface area (Å²) in [5.74, 6) is -1.59. The van der Waals surface area contributed by atoms with Crippen molar-refractivity contribution in [3.63, 3.8) is 0 Å². The largest absolute Gasteiger partial charge is 0.481 e. The molecule has 1 rings (SSSR count). The number of benzene rings is 1. The minimum atomic E-state index is -0.850. The molecule has 3 N–H and O–H groups in total. The van der Waals surface area contributed by atoms with E-state index >= 15 is 0 Å². The number of hydrogen-bond donors (Lipinski definition) is 3. The van der Waals surface area contributed by atoms with Crippen LogP contribution in [0.25, 0.3) is 0 Å². The van der Waals surface area contributed by atoms with E-state index in [1.165, 1.54) is 36.0 Å². The topological polar surface area (TPSA) is 95.5 Å². The van der Waals surface area contributed by atoms with Crippen molar-refractivity contribution < 1.29 is 23.9 Å². The van der Waals surface area contributed by atoms with Crippen molar-refractivity contribution in [2.75, 3.05) is 17.6 Å². The molecule has 1 aromatic rings. The van der Waals surface area contributed by atoms with Crippen LogP contribution in [0.5, 0.6) is 0 Å². The Labute approximate surface area is 144 Å². The molecule has 0 bridgehead atoms. The van der Waals surface area contributed by atoms with Gasteiger partial charge in [-0.3, -0.25) is 14.4 Å². The zero-order valence-electron chi connectivity index (χ0n) is 13.4. The van der Waals surface area contributed by atoms with Crippen LogP contribution in [0.15, 0.2) is 24.3 Å². The van der Waals surface area contributed by atoms with Crippen molar-refractivity contribution in [2.24, 2.45) is 0 Å². The highest BCUT2D eigenvalue weighted by atomic mass is 32.2. The molecule has 2 amide bonds. The van der Waals surface area contributed by atoms with E-state index in [0.29, 0.717) is 25.1 Å². The van der Waals surface area contributed by atoms with E-state index in [2.05, 4.69) is 10.6 Å². The van der Waals surface area contributed by atoms with Crippen molar-refractivity contribution in [1.82, 2.24) is 5.32 Å². The second-order valence-corrected chi connectivity index (χ2v) is 6.48. The lowest BCUT2D eigenvalue weighted by Gasteiger charge is -2.12. The van der Waals surface area contributed by atoms with Gasteiger partial charge in [0, 0.05) is 18.7 Å². The first kappa shape index (κ1) is 20.0. The number of nitrogens with one attached hydrogen (secondary N) is 2. The fourth-order valence-electron chi connectivity index (χ4n) is 1.76. The van der Waals surface area contributed by atoms with E-state index in [4.69, 9.17) is 5.11 Å². The number of carboxylic acids is 1. The Morgan fingerprint density at radius 3 is 2.50 bits per heavy atom. The van der Waals surface area contributed by atoms with Gasteiger partial charge in [0.25, 0.3) is 0 Å². The molecular formula is C16H21FN2O4S. The van der Waals surface area contributed by atoms with Gasteiger partial charge in [0.15, 0.2) is 0 Å². The maximum Gasteiger partial charge on any atom is 0.303 e. The normalized spacial score (nSPS) is 11.6. The number of carbonyl (C=O) groups is 3. The van der Waals surface area contributed by atoms with Crippen molar-refractivity contribution in [1.29, 1.82) is 0 Å².